The molecule has 0 unspecified atom stereocenters. The van der Waals surface area contributed by atoms with Crippen LogP contribution in [0, 0.1) is 5.95 Å². The van der Waals surface area contributed by atoms with Gasteiger partial charge < -0.3 is 19.4 Å². The van der Waals surface area contributed by atoms with Gasteiger partial charge in [0.15, 0.2) is 5.82 Å². The number of hydrogen-bond donors (Lipinski definition) is 1. The smallest absolute Gasteiger partial charge is 0.231 e. The first-order valence-corrected chi connectivity index (χ1v) is 12.0. The number of aryl methyl sites for hydroxylation is 1. The van der Waals surface area contributed by atoms with E-state index >= 15 is 0 Å². The SMILES string of the molecule is COc1ncnc(C2CC2)c1-c1nc2c(c(OCc3ccc(-c4nc(F)cn4C)cc3)n1)CNC2.FCF. The number of ether oxygens (including phenoxy) is 2. The van der Waals surface area contributed by atoms with E-state index in [-0.39, 0.29) is 0 Å². The van der Waals surface area contributed by atoms with Crippen LogP contribution in [0.1, 0.15) is 41.3 Å². The first-order valence-electron chi connectivity index (χ1n) is 12.0. The van der Waals surface area contributed by atoms with Crippen LogP contribution in [0.25, 0.3) is 22.8 Å². The maximum atomic E-state index is 13.5. The monoisotopic (exact) mass is 525 g/mol. The Hall–Kier alpha value is -4.06. The van der Waals surface area contributed by atoms with E-state index in [1.807, 2.05) is 24.3 Å². The Balaban J connectivity index is 0.000000937. The fraction of sp³-hybridized carbons (Fsp3) is 0.346. The van der Waals surface area contributed by atoms with Crippen molar-refractivity contribution in [2.75, 3.05) is 14.0 Å². The summed E-state index contributed by atoms with van der Waals surface area (Å²) >= 11 is 0. The molecule has 4 heterocycles. The zero-order valence-corrected chi connectivity index (χ0v) is 20.9. The topological polar surface area (TPSA) is 99.9 Å². The van der Waals surface area contributed by atoms with Gasteiger partial charge in [-0.25, -0.2) is 28.7 Å². The minimum absolute atomic E-state index is 0.329. The number of alkyl halides is 2. The second-order valence-corrected chi connectivity index (χ2v) is 8.88. The molecule has 1 aliphatic heterocycles. The van der Waals surface area contributed by atoms with E-state index in [4.69, 9.17) is 19.4 Å². The zero-order chi connectivity index (χ0) is 26.6. The van der Waals surface area contributed by atoms with E-state index in [1.165, 1.54) is 12.5 Å². The standard InChI is InChI=1S/C25H24FN7O2.CH2F2/c1-33-11-19(26)31-23(33)16-5-3-14(4-6-16)12-35-24-17-9-27-10-18(17)30-22(32-24)20-21(15-7-8-15)28-13-29-25(20)34-2;2-1-3/h3-6,11,13,15,27H,7-10,12H2,1-2H3;1H2. The van der Waals surface area contributed by atoms with Crippen LogP contribution in [0.15, 0.2) is 36.8 Å². The quantitative estimate of drug-likeness (QED) is 0.379. The van der Waals surface area contributed by atoms with Crippen LogP contribution in [0.2, 0.25) is 0 Å². The Morgan fingerprint density at radius 3 is 2.45 bits per heavy atom. The molecular weight excluding hydrogens is 499 g/mol. The minimum atomic E-state index is -1.75. The van der Waals surface area contributed by atoms with E-state index in [9.17, 15) is 13.2 Å². The molecule has 1 aromatic carbocycles. The van der Waals surface area contributed by atoms with Crippen molar-refractivity contribution in [2.24, 2.45) is 7.05 Å². The lowest BCUT2D eigenvalue weighted by Gasteiger charge is -2.14. The summed E-state index contributed by atoms with van der Waals surface area (Å²) in [6, 6.07) is 7.71. The van der Waals surface area contributed by atoms with E-state index in [0.717, 1.165) is 46.5 Å². The fourth-order valence-electron chi connectivity index (χ4n) is 4.38. The van der Waals surface area contributed by atoms with Gasteiger partial charge in [-0.1, -0.05) is 24.3 Å². The Morgan fingerprint density at radius 2 is 1.79 bits per heavy atom. The maximum Gasteiger partial charge on any atom is 0.231 e. The molecule has 2 aliphatic rings. The van der Waals surface area contributed by atoms with Gasteiger partial charge in [-0.15, -0.1) is 0 Å². The number of methoxy groups -OCH3 is 1. The van der Waals surface area contributed by atoms with Crippen molar-refractivity contribution in [3.63, 3.8) is 0 Å². The Kier molecular flexibility index (Phi) is 7.50. The molecule has 198 valence electrons. The van der Waals surface area contributed by atoms with Crippen LogP contribution in [-0.4, -0.2) is 43.5 Å². The molecule has 0 radical (unpaired) electrons. The lowest BCUT2D eigenvalue weighted by Crippen LogP contribution is -2.07. The molecule has 6 rings (SSSR count). The Morgan fingerprint density at radius 1 is 1.03 bits per heavy atom. The third-order valence-electron chi connectivity index (χ3n) is 6.31. The van der Waals surface area contributed by atoms with Crippen molar-refractivity contribution >= 4 is 0 Å². The van der Waals surface area contributed by atoms with Crippen molar-refractivity contribution in [3.05, 3.63) is 65.3 Å². The molecule has 1 fully saturated rings. The lowest BCUT2D eigenvalue weighted by atomic mass is 10.1. The van der Waals surface area contributed by atoms with Crippen molar-refractivity contribution in [1.82, 2.24) is 34.8 Å². The predicted molar refractivity (Wildman–Crippen MR) is 132 cm³/mol. The molecule has 1 saturated carbocycles. The molecule has 0 atom stereocenters. The third kappa shape index (κ3) is 5.30. The number of fused-ring (bicyclic) bond motifs is 1. The molecule has 0 spiro atoms. The van der Waals surface area contributed by atoms with Crippen molar-refractivity contribution < 1.29 is 22.6 Å². The molecule has 0 amide bonds. The van der Waals surface area contributed by atoms with Crippen LogP contribution in [-0.2, 0) is 26.7 Å². The second kappa shape index (κ2) is 11.1. The van der Waals surface area contributed by atoms with Crippen LogP contribution >= 0.6 is 0 Å². The average Bonchev–Trinajstić information content (AvgIpc) is 3.56. The number of hydrogen-bond acceptors (Lipinski definition) is 8. The van der Waals surface area contributed by atoms with Gasteiger partial charge in [0.1, 0.15) is 24.3 Å². The molecule has 1 aliphatic carbocycles. The molecule has 9 nitrogen and oxygen atoms in total. The first kappa shape index (κ1) is 25.6. The lowest BCUT2D eigenvalue weighted by molar-refractivity contribution is 0.290. The molecule has 38 heavy (non-hydrogen) atoms. The van der Waals surface area contributed by atoms with E-state index in [1.54, 1.807) is 18.7 Å². The summed E-state index contributed by atoms with van der Waals surface area (Å²) in [5.74, 6) is 1.99. The summed E-state index contributed by atoms with van der Waals surface area (Å²) in [6.07, 6.45) is 5.06. The largest absolute Gasteiger partial charge is 0.480 e. The van der Waals surface area contributed by atoms with Crippen LogP contribution in [0.4, 0.5) is 13.2 Å². The van der Waals surface area contributed by atoms with Crippen LogP contribution < -0.4 is 14.8 Å². The van der Waals surface area contributed by atoms with Gasteiger partial charge >= 0.3 is 0 Å². The second-order valence-electron chi connectivity index (χ2n) is 8.88. The molecular formula is C26H26F3N7O2. The number of aromatic nitrogens is 6. The fourth-order valence-corrected chi connectivity index (χ4v) is 4.38. The number of benzene rings is 1. The van der Waals surface area contributed by atoms with Gasteiger partial charge in [0.05, 0.1) is 30.3 Å². The number of rotatable bonds is 7. The highest BCUT2D eigenvalue weighted by Crippen LogP contribution is 2.45. The number of imidazole rings is 1. The molecule has 3 aromatic heterocycles. The van der Waals surface area contributed by atoms with E-state index in [0.29, 0.717) is 49.0 Å². The zero-order valence-electron chi connectivity index (χ0n) is 20.9. The van der Waals surface area contributed by atoms with Gasteiger partial charge in [0.2, 0.25) is 24.6 Å². The molecule has 0 bridgehead atoms. The van der Waals surface area contributed by atoms with Crippen LogP contribution in [0.5, 0.6) is 11.8 Å². The number of halogens is 3. The number of nitrogens with zero attached hydrogens (tertiary/aromatic N) is 6. The predicted octanol–water partition coefficient (Wildman–Crippen LogP) is 4.42. The van der Waals surface area contributed by atoms with Crippen molar-refractivity contribution in [1.29, 1.82) is 0 Å². The van der Waals surface area contributed by atoms with E-state index < -0.39 is 12.9 Å². The summed E-state index contributed by atoms with van der Waals surface area (Å²) in [4.78, 5) is 22.4. The highest BCUT2D eigenvalue weighted by molar-refractivity contribution is 5.67. The Bertz CT molecular complexity index is 1430. The van der Waals surface area contributed by atoms with Gasteiger partial charge in [0, 0.05) is 31.6 Å². The first-order chi connectivity index (χ1) is 18.5. The Labute approximate surface area is 217 Å². The van der Waals surface area contributed by atoms with Gasteiger partial charge in [-0.3, -0.25) is 0 Å². The molecule has 12 heteroatoms. The van der Waals surface area contributed by atoms with Crippen molar-refractivity contribution in [3.8, 4) is 34.5 Å². The summed E-state index contributed by atoms with van der Waals surface area (Å²) in [5.41, 5.74) is 5.32. The average molecular weight is 526 g/mol. The molecule has 0 saturated heterocycles. The van der Waals surface area contributed by atoms with Gasteiger partial charge in [-0.05, 0) is 18.4 Å². The molecule has 4 aromatic rings. The van der Waals surface area contributed by atoms with Gasteiger partial charge in [-0.2, -0.15) is 9.37 Å². The summed E-state index contributed by atoms with van der Waals surface area (Å²) in [7, 11) is 3.36. The minimum Gasteiger partial charge on any atom is -0.480 e. The highest BCUT2D eigenvalue weighted by Gasteiger charge is 2.32. The number of nitrogens with one attached hydrogen (secondary N) is 1. The third-order valence-corrected chi connectivity index (χ3v) is 6.31. The van der Waals surface area contributed by atoms with Crippen LogP contribution in [0.3, 0.4) is 0 Å². The summed E-state index contributed by atoms with van der Waals surface area (Å²) in [6.45, 7) is -0.132. The van der Waals surface area contributed by atoms with Crippen molar-refractivity contribution in [2.45, 2.75) is 38.5 Å². The maximum absolute atomic E-state index is 13.5. The molecule has 1 N–H and O–H groups in total. The highest BCUT2D eigenvalue weighted by atomic mass is 19.3. The summed E-state index contributed by atoms with van der Waals surface area (Å²) in [5, 5.41) is 3.33. The summed E-state index contributed by atoms with van der Waals surface area (Å²) < 4.78 is 46.1. The van der Waals surface area contributed by atoms with Gasteiger partial charge in [0.25, 0.3) is 0 Å². The normalized spacial score (nSPS) is 14.0. The van der Waals surface area contributed by atoms with E-state index in [2.05, 4.69) is 20.3 Å².